The van der Waals surface area contributed by atoms with Crippen LogP contribution >= 0.6 is 0 Å². The molecule has 0 aliphatic carbocycles. The number of aromatic nitrogens is 3. The van der Waals surface area contributed by atoms with Gasteiger partial charge in [-0.15, -0.1) is 0 Å². The smallest absolute Gasteiger partial charge is 0.222 e. The minimum Gasteiger partial charge on any atom is -0.477 e. The van der Waals surface area contributed by atoms with Crippen molar-refractivity contribution in [2.75, 3.05) is 11.9 Å². The standard InChI is InChI=1S/C22H20N4O/c1-2-6-16(7-3-1)15-23-21-18-10-13-27-22(18)25-20(24-21)14-17-9-12-26-11-5-4-8-19(17)26/h1-9,11-12H,10,13-15H2,(H,23,24,25). The van der Waals surface area contributed by atoms with Gasteiger partial charge >= 0.3 is 0 Å². The molecule has 1 aromatic carbocycles. The van der Waals surface area contributed by atoms with E-state index >= 15 is 0 Å². The van der Waals surface area contributed by atoms with E-state index in [0.717, 1.165) is 36.1 Å². The highest BCUT2D eigenvalue weighted by molar-refractivity contribution is 5.57. The molecule has 0 bridgehead atoms. The Morgan fingerprint density at radius 3 is 2.78 bits per heavy atom. The van der Waals surface area contributed by atoms with Crippen LogP contribution in [0.4, 0.5) is 5.82 Å². The first-order valence-electron chi connectivity index (χ1n) is 9.22. The molecule has 0 spiro atoms. The van der Waals surface area contributed by atoms with E-state index in [1.165, 1.54) is 16.6 Å². The summed E-state index contributed by atoms with van der Waals surface area (Å²) in [5.74, 6) is 2.39. The average molecular weight is 356 g/mol. The maximum atomic E-state index is 5.74. The highest BCUT2D eigenvalue weighted by Gasteiger charge is 2.21. The van der Waals surface area contributed by atoms with Crippen molar-refractivity contribution in [1.82, 2.24) is 14.4 Å². The summed E-state index contributed by atoms with van der Waals surface area (Å²) in [4.78, 5) is 9.50. The third-order valence-corrected chi connectivity index (χ3v) is 4.91. The number of nitrogens with zero attached hydrogens (tertiary/aromatic N) is 3. The van der Waals surface area contributed by atoms with Crippen LogP contribution in [0.15, 0.2) is 67.0 Å². The lowest BCUT2D eigenvalue weighted by Gasteiger charge is -2.11. The van der Waals surface area contributed by atoms with E-state index in [9.17, 15) is 0 Å². The Bertz CT molecular complexity index is 1090. The van der Waals surface area contributed by atoms with Crippen LogP contribution in [0.5, 0.6) is 5.88 Å². The molecule has 27 heavy (non-hydrogen) atoms. The Kier molecular flexibility index (Phi) is 3.98. The van der Waals surface area contributed by atoms with Gasteiger partial charge in [-0.05, 0) is 29.3 Å². The summed E-state index contributed by atoms with van der Waals surface area (Å²) in [6.45, 7) is 1.40. The Morgan fingerprint density at radius 1 is 0.963 bits per heavy atom. The fourth-order valence-corrected chi connectivity index (χ4v) is 3.54. The van der Waals surface area contributed by atoms with Crippen molar-refractivity contribution < 1.29 is 4.74 Å². The molecule has 1 aliphatic rings. The van der Waals surface area contributed by atoms with Gasteiger partial charge in [0.15, 0.2) is 0 Å². The van der Waals surface area contributed by atoms with Gasteiger partial charge < -0.3 is 14.5 Å². The number of fused-ring (bicyclic) bond motifs is 2. The Morgan fingerprint density at radius 2 is 1.85 bits per heavy atom. The van der Waals surface area contributed by atoms with E-state index in [-0.39, 0.29) is 0 Å². The molecule has 0 saturated heterocycles. The molecule has 5 rings (SSSR count). The number of nitrogens with one attached hydrogen (secondary N) is 1. The fraction of sp³-hybridized carbons (Fsp3) is 0.182. The molecule has 5 nitrogen and oxygen atoms in total. The molecule has 5 heteroatoms. The van der Waals surface area contributed by atoms with Crippen molar-refractivity contribution in [3.8, 4) is 5.88 Å². The van der Waals surface area contributed by atoms with E-state index in [0.29, 0.717) is 13.0 Å². The summed E-state index contributed by atoms with van der Waals surface area (Å²) >= 11 is 0. The van der Waals surface area contributed by atoms with Crippen LogP contribution in [0.2, 0.25) is 0 Å². The summed E-state index contributed by atoms with van der Waals surface area (Å²) < 4.78 is 7.86. The molecule has 1 N–H and O–H groups in total. The van der Waals surface area contributed by atoms with Crippen molar-refractivity contribution in [2.24, 2.45) is 0 Å². The summed E-state index contributed by atoms with van der Waals surface area (Å²) in [5.41, 5.74) is 4.70. The molecule has 134 valence electrons. The van der Waals surface area contributed by atoms with E-state index in [1.807, 2.05) is 24.3 Å². The molecule has 0 atom stereocenters. The van der Waals surface area contributed by atoms with Gasteiger partial charge in [-0.25, -0.2) is 4.98 Å². The van der Waals surface area contributed by atoms with Crippen LogP contribution in [-0.4, -0.2) is 21.0 Å². The van der Waals surface area contributed by atoms with Gasteiger partial charge in [0, 0.05) is 37.3 Å². The minimum absolute atomic E-state index is 0.669. The Balaban J connectivity index is 1.45. The largest absolute Gasteiger partial charge is 0.477 e. The fourth-order valence-electron chi connectivity index (χ4n) is 3.54. The van der Waals surface area contributed by atoms with Gasteiger partial charge in [0.1, 0.15) is 11.6 Å². The second-order valence-corrected chi connectivity index (χ2v) is 6.72. The molecule has 3 aromatic heterocycles. The van der Waals surface area contributed by atoms with Crippen LogP contribution in [0, 0.1) is 0 Å². The average Bonchev–Trinajstić information content (AvgIpc) is 3.34. The van der Waals surface area contributed by atoms with Crippen LogP contribution in [0.25, 0.3) is 5.52 Å². The van der Waals surface area contributed by atoms with Crippen LogP contribution < -0.4 is 10.1 Å². The molecule has 0 amide bonds. The van der Waals surface area contributed by atoms with E-state index < -0.39 is 0 Å². The number of ether oxygens (including phenoxy) is 1. The molecular weight excluding hydrogens is 336 g/mol. The minimum atomic E-state index is 0.669. The molecule has 4 heterocycles. The second-order valence-electron chi connectivity index (χ2n) is 6.72. The van der Waals surface area contributed by atoms with E-state index in [1.54, 1.807) is 0 Å². The third-order valence-electron chi connectivity index (χ3n) is 4.91. The summed E-state index contributed by atoms with van der Waals surface area (Å²) in [7, 11) is 0. The lowest BCUT2D eigenvalue weighted by atomic mass is 10.1. The number of rotatable bonds is 5. The first-order chi connectivity index (χ1) is 13.4. The van der Waals surface area contributed by atoms with Crippen molar-refractivity contribution >= 4 is 11.3 Å². The normalized spacial score (nSPS) is 12.7. The molecule has 4 aromatic rings. The van der Waals surface area contributed by atoms with E-state index in [2.05, 4.69) is 57.4 Å². The van der Waals surface area contributed by atoms with Gasteiger partial charge in [-0.3, -0.25) is 0 Å². The SMILES string of the molecule is c1ccc(CNc2nc(Cc3ccn4ccccc34)nc3c2CCO3)cc1. The molecule has 0 unspecified atom stereocenters. The molecule has 1 aliphatic heterocycles. The second kappa shape index (κ2) is 6.76. The maximum absolute atomic E-state index is 5.74. The van der Waals surface area contributed by atoms with Crippen LogP contribution in [-0.2, 0) is 19.4 Å². The van der Waals surface area contributed by atoms with Gasteiger partial charge in [0.2, 0.25) is 5.88 Å². The van der Waals surface area contributed by atoms with Crippen LogP contribution in [0.1, 0.15) is 22.5 Å². The highest BCUT2D eigenvalue weighted by Crippen LogP contribution is 2.30. The Labute approximate surface area is 157 Å². The number of pyridine rings is 1. The van der Waals surface area contributed by atoms with Crippen molar-refractivity contribution in [3.63, 3.8) is 0 Å². The highest BCUT2D eigenvalue weighted by atomic mass is 16.5. The molecule has 0 radical (unpaired) electrons. The first kappa shape index (κ1) is 15.9. The molecule has 0 fully saturated rings. The number of benzene rings is 1. The first-order valence-corrected chi connectivity index (χ1v) is 9.22. The van der Waals surface area contributed by atoms with E-state index in [4.69, 9.17) is 9.72 Å². The van der Waals surface area contributed by atoms with Gasteiger partial charge in [-0.2, -0.15) is 4.98 Å². The molecular formula is C22H20N4O. The van der Waals surface area contributed by atoms with Crippen molar-refractivity contribution in [1.29, 1.82) is 0 Å². The number of hydrogen-bond donors (Lipinski definition) is 1. The predicted octanol–water partition coefficient (Wildman–Crippen LogP) is 3.87. The number of hydrogen-bond acceptors (Lipinski definition) is 4. The summed E-state index contributed by atoms with van der Waals surface area (Å²) in [6, 6.07) is 18.7. The maximum Gasteiger partial charge on any atom is 0.222 e. The lowest BCUT2D eigenvalue weighted by molar-refractivity contribution is 0.343. The van der Waals surface area contributed by atoms with Gasteiger partial charge in [0.05, 0.1) is 12.2 Å². The lowest BCUT2D eigenvalue weighted by Crippen LogP contribution is -2.07. The third kappa shape index (κ3) is 3.12. The quantitative estimate of drug-likeness (QED) is 0.590. The summed E-state index contributed by atoms with van der Waals surface area (Å²) in [5, 5.41) is 3.48. The Hall–Kier alpha value is -3.34. The zero-order chi connectivity index (χ0) is 18.1. The summed E-state index contributed by atoms with van der Waals surface area (Å²) in [6.07, 6.45) is 5.65. The monoisotopic (exact) mass is 356 g/mol. The number of anilines is 1. The van der Waals surface area contributed by atoms with Crippen LogP contribution in [0.3, 0.4) is 0 Å². The zero-order valence-corrected chi connectivity index (χ0v) is 14.9. The van der Waals surface area contributed by atoms with Gasteiger partial charge in [-0.1, -0.05) is 36.4 Å². The zero-order valence-electron chi connectivity index (χ0n) is 14.9. The topological polar surface area (TPSA) is 51.5 Å². The predicted molar refractivity (Wildman–Crippen MR) is 105 cm³/mol. The van der Waals surface area contributed by atoms with Crippen molar-refractivity contribution in [3.05, 3.63) is 89.5 Å². The van der Waals surface area contributed by atoms with Crippen molar-refractivity contribution in [2.45, 2.75) is 19.4 Å². The molecule has 0 saturated carbocycles. The van der Waals surface area contributed by atoms with Gasteiger partial charge in [0.25, 0.3) is 0 Å².